The molecule has 8 nitrogen and oxygen atoms in total. The molecule has 308 valence electrons. The number of carbonyl (C=O) groups is 4. The number of carbonyl (C=O) groups excluding carboxylic acids is 4. The molecule has 53 heavy (non-hydrogen) atoms. The first-order valence-corrected chi connectivity index (χ1v) is 28.3. The Morgan fingerprint density at radius 3 is 0.868 bits per heavy atom. The van der Waals surface area contributed by atoms with Gasteiger partial charge in [0.1, 0.15) is 0 Å². The predicted octanol–water partition coefficient (Wildman–Crippen LogP) is 12.7. The van der Waals surface area contributed by atoms with Crippen LogP contribution in [0.5, 0.6) is 0 Å². The third-order valence-electron chi connectivity index (χ3n) is 9.59. The zero-order chi connectivity index (χ0) is 39.1. The minimum atomic E-state index is -4.27. The molecule has 0 spiro atoms. The van der Waals surface area contributed by atoms with Crippen molar-refractivity contribution in [3.05, 3.63) is 24.3 Å². The zero-order valence-electron chi connectivity index (χ0n) is 34.7. The molecule has 0 aromatic heterocycles. The van der Waals surface area contributed by atoms with Crippen LogP contribution in [0.1, 0.15) is 207 Å². The summed E-state index contributed by atoms with van der Waals surface area (Å²) in [6, 6.07) is 0. The molecule has 0 aliphatic rings. The van der Waals surface area contributed by atoms with Gasteiger partial charge in [0.15, 0.2) is 0 Å². The van der Waals surface area contributed by atoms with E-state index in [1.807, 2.05) is 13.8 Å². The van der Waals surface area contributed by atoms with E-state index in [-0.39, 0.29) is 0 Å². The predicted molar refractivity (Wildman–Crippen MR) is 220 cm³/mol. The van der Waals surface area contributed by atoms with Gasteiger partial charge in [-0.25, -0.2) is 0 Å². The maximum atomic E-state index is 12.9. The Bertz CT molecular complexity index is 887. The zero-order valence-corrected chi connectivity index (χ0v) is 37.6. The van der Waals surface area contributed by atoms with Crippen molar-refractivity contribution in [1.82, 2.24) is 0 Å². The molecule has 0 aromatic carbocycles. The molecule has 9 heteroatoms. The van der Waals surface area contributed by atoms with Gasteiger partial charge in [-0.2, -0.15) is 0 Å². The van der Waals surface area contributed by atoms with Gasteiger partial charge in [-0.3, -0.25) is 0 Å². The molecule has 0 radical (unpaired) electrons. The molecule has 0 fully saturated rings. The Morgan fingerprint density at radius 1 is 0.340 bits per heavy atom. The van der Waals surface area contributed by atoms with Gasteiger partial charge in [-0.05, 0) is 0 Å². The van der Waals surface area contributed by atoms with Gasteiger partial charge in [0, 0.05) is 0 Å². The molecule has 0 saturated heterocycles. The summed E-state index contributed by atoms with van der Waals surface area (Å²) in [5.41, 5.74) is 0. The summed E-state index contributed by atoms with van der Waals surface area (Å²) in [6.07, 6.45) is 37.0. The molecule has 0 aliphatic heterocycles. The average Bonchev–Trinajstić information content (AvgIpc) is 3.15. The maximum absolute atomic E-state index is 12.9. The van der Waals surface area contributed by atoms with Gasteiger partial charge >= 0.3 is 228 Å². The molecular formula is C44H80O8Sn. The van der Waals surface area contributed by atoms with Gasteiger partial charge in [-0.15, -0.1) is 0 Å². The molecule has 0 heterocycles. The SMILES string of the molecule is CCCCCCCCCCCCCCOC(=O)C=CC(=O)[O][Sn]([CH2]CCC)([CH2]CCC)[O]C(=O)C=CC(=O)OCCCCCCCCCCCCCC. The minimum Gasteiger partial charge on any atom is -0.0654 e. The van der Waals surface area contributed by atoms with E-state index in [0.717, 1.165) is 88.5 Å². The third kappa shape index (κ3) is 34.4. The Balaban J connectivity index is 4.54. The third-order valence-corrected chi connectivity index (χ3v) is 19.2. The van der Waals surface area contributed by atoms with E-state index < -0.39 is 43.1 Å². The molecule has 0 aromatic rings. The summed E-state index contributed by atoms with van der Waals surface area (Å²) in [4.78, 5) is 50.3. The normalized spacial score (nSPS) is 11.7. The number of esters is 2. The van der Waals surface area contributed by atoms with Crippen LogP contribution in [0.4, 0.5) is 0 Å². The Labute approximate surface area is 330 Å². The topological polar surface area (TPSA) is 105 Å². The number of unbranched alkanes of at least 4 members (excludes halogenated alkanes) is 24. The quantitative estimate of drug-likeness (QED) is 0.0262. The van der Waals surface area contributed by atoms with Crippen LogP contribution in [0, 0.1) is 0 Å². The van der Waals surface area contributed by atoms with Gasteiger partial charge in [-0.1, -0.05) is 104 Å². The van der Waals surface area contributed by atoms with Crippen molar-refractivity contribution < 1.29 is 34.8 Å². The molecular weight excluding hydrogens is 775 g/mol. The summed E-state index contributed by atoms with van der Waals surface area (Å²) in [5, 5.41) is 0. The molecule has 0 rings (SSSR count). The van der Waals surface area contributed by atoms with Crippen LogP contribution in [0.3, 0.4) is 0 Å². The first-order valence-electron chi connectivity index (χ1n) is 22.0. The smallest absolute Gasteiger partial charge is 0.0654 e. The molecule has 0 unspecified atom stereocenters. The molecule has 0 amide bonds. The van der Waals surface area contributed by atoms with Gasteiger partial charge < -0.3 is 0 Å². The molecule has 0 bridgehead atoms. The second-order valence-corrected chi connectivity index (χ2v) is 24.0. The summed E-state index contributed by atoms with van der Waals surface area (Å²) in [7, 11) is 0. The molecule has 0 saturated carbocycles. The summed E-state index contributed by atoms with van der Waals surface area (Å²) in [5.74, 6) is -2.58. The van der Waals surface area contributed by atoms with Crippen LogP contribution in [0.15, 0.2) is 24.3 Å². The van der Waals surface area contributed by atoms with Crippen LogP contribution in [0.2, 0.25) is 8.87 Å². The standard InChI is InChI=1S/2C18H32O4.2C4H9.Sn/c2*1-2-3-4-5-6-7-8-9-10-11-12-13-16-22-18(21)15-14-17(19)20;2*1-3-4-2;/h2*14-15H,2-13,16H2,1H3,(H,19,20);2*1,3-4H2,2H3;/q;;;;+2/p-2. The molecule has 0 aliphatic carbocycles. The van der Waals surface area contributed by atoms with E-state index in [0.29, 0.717) is 22.1 Å². The Kier molecular flexibility index (Phi) is 37.1. The number of rotatable bonds is 38. The van der Waals surface area contributed by atoms with Crippen LogP contribution in [0.25, 0.3) is 0 Å². The van der Waals surface area contributed by atoms with Crippen molar-refractivity contribution in [2.24, 2.45) is 0 Å². The monoisotopic (exact) mass is 856 g/mol. The fraction of sp³-hybridized carbons (Fsp3) is 0.818. The van der Waals surface area contributed by atoms with Crippen LogP contribution in [-0.2, 0) is 34.8 Å². The second kappa shape index (κ2) is 38.4. The van der Waals surface area contributed by atoms with Crippen molar-refractivity contribution in [2.75, 3.05) is 13.2 Å². The van der Waals surface area contributed by atoms with Gasteiger partial charge in [0.05, 0.1) is 0 Å². The number of hydrogen-bond donors (Lipinski definition) is 0. The summed E-state index contributed by atoms with van der Waals surface area (Å²) < 4.78 is 23.5. The van der Waals surface area contributed by atoms with Gasteiger partial charge in [0.25, 0.3) is 0 Å². The fourth-order valence-corrected chi connectivity index (χ4v) is 15.8. The first-order chi connectivity index (χ1) is 25.8. The van der Waals surface area contributed by atoms with E-state index in [1.165, 1.54) is 116 Å². The van der Waals surface area contributed by atoms with E-state index >= 15 is 0 Å². The fourth-order valence-electron chi connectivity index (χ4n) is 6.28. The Hall–Kier alpha value is -1.84. The first kappa shape index (κ1) is 51.2. The van der Waals surface area contributed by atoms with Crippen molar-refractivity contribution in [2.45, 2.75) is 216 Å². The molecule has 0 atom stereocenters. The van der Waals surface area contributed by atoms with Crippen LogP contribution < -0.4 is 0 Å². The average molecular weight is 856 g/mol. The minimum absolute atomic E-state index is 0.317. The van der Waals surface area contributed by atoms with E-state index in [9.17, 15) is 19.2 Å². The van der Waals surface area contributed by atoms with E-state index in [4.69, 9.17) is 15.6 Å². The summed E-state index contributed by atoms with van der Waals surface area (Å²) >= 11 is -4.27. The second-order valence-electron chi connectivity index (χ2n) is 14.7. The van der Waals surface area contributed by atoms with Crippen LogP contribution >= 0.6 is 0 Å². The van der Waals surface area contributed by atoms with Crippen molar-refractivity contribution in [3.63, 3.8) is 0 Å². The number of hydrogen-bond acceptors (Lipinski definition) is 8. The number of ether oxygens (including phenoxy) is 2. The van der Waals surface area contributed by atoms with E-state index in [1.54, 1.807) is 0 Å². The Morgan fingerprint density at radius 2 is 0.585 bits per heavy atom. The van der Waals surface area contributed by atoms with Gasteiger partial charge in [0.2, 0.25) is 0 Å². The van der Waals surface area contributed by atoms with Crippen LogP contribution in [-0.4, -0.2) is 56.3 Å². The summed E-state index contributed by atoms with van der Waals surface area (Å²) in [6.45, 7) is 9.18. The van der Waals surface area contributed by atoms with E-state index in [2.05, 4.69) is 13.8 Å². The van der Waals surface area contributed by atoms with Crippen molar-refractivity contribution in [3.8, 4) is 0 Å². The molecule has 0 N–H and O–H groups in total. The van der Waals surface area contributed by atoms with Crippen molar-refractivity contribution in [1.29, 1.82) is 0 Å². The van der Waals surface area contributed by atoms with Crippen molar-refractivity contribution >= 4 is 43.1 Å².